The molecule has 1 amide bonds. The van der Waals surface area contributed by atoms with Crippen LogP contribution in [-0.4, -0.2) is 11.6 Å². The van der Waals surface area contributed by atoms with Crippen molar-refractivity contribution in [3.63, 3.8) is 0 Å². The fourth-order valence-corrected chi connectivity index (χ4v) is 2.23. The van der Waals surface area contributed by atoms with Gasteiger partial charge in [-0.1, -0.05) is 6.07 Å². The number of nitrogen functional groups attached to an aromatic ring is 1. The van der Waals surface area contributed by atoms with Gasteiger partial charge in [0.15, 0.2) is 0 Å². The quantitative estimate of drug-likeness (QED) is 0.627. The van der Waals surface area contributed by atoms with Crippen LogP contribution in [-0.2, 0) is 11.3 Å². The Bertz CT molecular complexity index is 430. The number of rotatable bonds is 2. The number of aryl methyl sites for hydroxylation is 1. The summed E-state index contributed by atoms with van der Waals surface area (Å²) < 4.78 is 6.13. The van der Waals surface area contributed by atoms with Gasteiger partial charge in [-0.05, 0) is 67.5 Å². The number of hydrogen-bond donors (Lipinski definition) is 2. The van der Waals surface area contributed by atoms with Crippen molar-refractivity contribution >= 4 is 34.4 Å². The molecule has 0 bridgehead atoms. The molecule has 0 aliphatic rings. The molecule has 0 spiro atoms. The van der Waals surface area contributed by atoms with Crippen molar-refractivity contribution in [3.05, 3.63) is 26.8 Å². The van der Waals surface area contributed by atoms with Gasteiger partial charge in [-0.2, -0.15) is 0 Å². The van der Waals surface area contributed by atoms with Crippen molar-refractivity contribution < 1.29 is 9.53 Å². The van der Waals surface area contributed by atoms with Crippen LogP contribution >= 0.6 is 22.6 Å². The fraction of sp³-hybridized carbons (Fsp3) is 0.462. The van der Waals surface area contributed by atoms with Gasteiger partial charge in [0, 0.05) is 14.8 Å². The smallest absolute Gasteiger partial charge is 0.407 e. The van der Waals surface area contributed by atoms with Crippen LogP contribution in [0.2, 0.25) is 0 Å². The maximum absolute atomic E-state index is 11.5. The summed E-state index contributed by atoms with van der Waals surface area (Å²) in [6.07, 6.45) is -0.410. The molecule has 0 aliphatic carbocycles. The van der Waals surface area contributed by atoms with E-state index < -0.39 is 6.09 Å². The highest BCUT2D eigenvalue weighted by atomic mass is 127. The summed E-state index contributed by atoms with van der Waals surface area (Å²) in [7, 11) is 0. The maximum Gasteiger partial charge on any atom is 0.407 e. The monoisotopic (exact) mass is 362 g/mol. The zero-order chi connectivity index (χ0) is 13.9. The lowest BCUT2D eigenvalue weighted by molar-refractivity contribution is 0.131. The standard InChI is InChI=1S/C13H19IN2O2/c1-8-5-9(6-10(14)11(8)15)7-18-12(17)16-13(2,3)4/h5-6H,7,15H2,1-4H3,(H,16,17). The number of nitrogens with one attached hydrogen (secondary N) is 1. The first-order valence-corrected chi connectivity index (χ1v) is 6.76. The molecule has 0 heterocycles. The van der Waals surface area contributed by atoms with E-state index in [1.807, 2.05) is 39.8 Å². The number of alkyl carbamates (subject to hydrolysis) is 1. The first kappa shape index (κ1) is 15.1. The molecule has 4 nitrogen and oxygen atoms in total. The van der Waals surface area contributed by atoms with Crippen LogP contribution in [0.4, 0.5) is 10.5 Å². The largest absolute Gasteiger partial charge is 0.445 e. The first-order chi connectivity index (χ1) is 8.19. The summed E-state index contributed by atoms with van der Waals surface area (Å²) in [5, 5.41) is 2.74. The molecular formula is C13H19IN2O2. The number of carbonyl (C=O) groups is 1. The van der Waals surface area contributed by atoms with Gasteiger partial charge in [-0.3, -0.25) is 0 Å². The van der Waals surface area contributed by atoms with Crippen molar-refractivity contribution in [2.24, 2.45) is 0 Å². The van der Waals surface area contributed by atoms with E-state index in [1.54, 1.807) is 0 Å². The predicted octanol–water partition coefficient (Wildman–Crippen LogP) is 3.21. The van der Waals surface area contributed by atoms with Gasteiger partial charge in [-0.15, -0.1) is 0 Å². The number of ether oxygens (including phenoxy) is 1. The van der Waals surface area contributed by atoms with Gasteiger partial charge in [0.1, 0.15) is 6.61 Å². The number of halogens is 1. The van der Waals surface area contributed by atoms with Crippen LogP contribution in [0.25, 0.3) is 0 Å². The van der Waals surface area contributed by atoms with Gasteiger partial charge in [0.2, 0.25) is 0 Å². The molecule has 0 saturated heterocycles. The van der Waals surface area contributed by atoms with E-state index in [0.29, 0.717) is 0 Å². The van der Waals surface area contributed by atoms with Gasteiger partial charge in [-0.25, -0.2) is 4.79 Å². The normalized spacial score (nSPS) is 11.2. The molecule has 0 aromatic heterocycles. The summed E-state index contributed by atoms with van der Waals surface area (Å²) in [5.74, 6) is 0. The average molecular weight is 362 g/mol. The molecule has 100 valence electrons. The van der Waals surface area contributed by atoms with E-state index >= 15 is 0 Å². The Morgan fingerprint density at radius 2 is 2.06 bits per heavy atom. The molecule has 1 aromatic rings. The molecule has 0 aliphatic heterocycles. The molecule has 0 atom stereocenters. The third-order valence-electron chi connectivity index (χ3n) is 2.24. The van der Waals surface area contributed by atoms with Crippen molar-refractivity contribution in [3.8, 4) is 0 Å². The number of amides is 1. The van der Waals surface area contributed by atoms with E-state index in [-0.39, 0.29) is 12.1 Å². The lowest BCUT2D eigenvalue weighted by Crippen LogP contribution is -2.40. The molecule has 0 unspecified atom stereocenters. The lowest BCUT2D eigenvalue weighted by Gasteiger charge is -2.20. The van der Waals surface area contributed by atoms with Gasteiger partial charge >= 0.3 is 6.09 Å². The van der Waals surface area contributed by atoms with E-state index in [0.717, 1.165) is 20.4 Å². The third-order valence-corrected chi connectivity index (χ3v) is 3.14. The number of hydrogen-bond acceptors (Lipinski definition) is 3. The highest BCUT2D eigenvalue weighted by molar-refractivity contribution is 14.1. The van der Waals surface area contributed by atoms with Gasteiger partial charge < -0.3 is 15.8 Å². The number of anilines is 1. The van der Waals surface area contributed by atoms with Crippen molar-refractivity contribution in [2.45, 2.75) is 39.8 Å². The summed E-state index contributed by atoms with van der Waals surface area (Å²) in [4.78, 5) is 11.5. The molecule has 3 N–H and O–H groups in total. The SMILES string of the molecule is Cc1cc(COC(=O)NC(C)(C)C)cc(I)c1N. The van der Waals surface area contributed by atoms with E-state index in [4.69, 9.17) is 10.5 Å². The fourth-order valence-electron chi connectivity index (χ4n) is 1.40. The van der Waals surface area contributed by atoms with Crippen LogP contribution < -0.4 is 11.1 Å². The average Bonchev–Trinajstić information content (AvgIpc) is 2.20. The summed E-state index contributed by atoms with van der Waals surface area (Å²) in [6, 6.07) is 3.86. The van der Waals surface area contributed by atoms with E-state index in [2.05, 4.69) is 27.9 Å². The van der Waals surface area contributed by atoms with Crippen LogP contribution in [0.15, 0.2) is 12.1 Å². The zero-order valence-electron chi connectivity index (χ0n) is 11.1. The number of nitrogens with two attached hydrogens (primary N) is 1. The van der Waals surface area contributed by atoms with Crippen molar-refractivity contribution in [2.75, 3.05) is 5.73 Å². The molecule has 1 aromatic carbocycles. The highest BCUT2D eigenvalue weighted by Crippen LogP contribution is 2.21. The van der Waals surface area contributed by atoms with Gasteiger partial charge in [0.05, 0.1) is 0 Å². The highest BCUT2D eigenvalue weighted by Gasteiger charge is 2.14. The second-order valence-electron chi connectivity index (χ2n) is 5.26. The molecular weight excluding hydrogens is 343 g/mol. The number of benzene rings is 1. The van der Waals surface area contributed by atoms with E-state index in [1.165, 1.54) is 0 Å². The Kier molecular flexibility index (Phi) is 4.84. The van der Waals surface area contributed by atoms with E-state index in [9.17, 15) is 4.79 Å². The second kappa shape index (κ2) is 5.77. The predicted molar refractivity (Wildman–Crippen MR) is 81.4 cm³/mol. The second-order valence-corrected chi connectivity index (χ2v) is 6.42. The Balaban J connectivity index is 2.62. The topological polar surface area (TPSA) is 64.3 Å². The molecule has 0 radical (unpaired) electrons. The zero-order valence-corrected chi connectivity index (χ0v) is 13.3. The maximum atomic E-state index is 11.5. The Morgan fingerprint density at radius 1 is 1.44 bits per heavy atom. The van der Waals surface area contributed by atoms with Crippen LogP contribution in [0.3, 0.4) is 0 Å². The van der Waals surface area contributed by atoms with Crippen LogP contribution in [0, 0.1) is 10.5 Å². The minimum Gasteiger partial charge on any atom is -0.445 e. The number of carbonyl (C=O) groups excluding carboxylic acids is 1. The van der Waals surface area contributed by atoms with Gasteiger partial charge in [0.25, 0.3) is 0 Å². The Hall–Kier alpha value is -0.980. The van der Waals surface area contributed by atoms with Crippen LogP contribution in [0.1, 0.15) is 31.9 Å². The molecule has 0 fully saturated rings. The lowest BCUT2D eigenvalue weighted by atomic mass is 10.1. The third kappa shape index (κ3) is 4.72. The minimum absolute atomic E-state index is 0.249. The molecule has 5 heteroatoms. The summed E-state index contributed by atoms with van der Waals surface area (Å²) >= 11 is 2.17. The van der Waals surface area contributed by atoms with Crippen molar-refractivity contribution in [1.82, 2.24) is 5.32 Å². The summed E-state index contributed by atoms with van der Waals surface area (Å²) in [5.41, 5.74) is 8.29. The summed E-state index contributed by atoms with van der Waals surface area (Å²) in [6.45, 7) is 7.91. The molecule has 18 heavy (non-hydrogen) atoms. The molecule has 1 rings (SSSR count). The Morgan fingerprint density at radius 3 is 2.56 bits per heavy atom. The first-order valence-electron chi connectivity index (χ1n) is 5.68. The Labute approximate surface area is 121 Å². The molecule has 0 saturated carbocycles. The van der Waals surface area contributed by atoms with Crippen LogP contribution in [0.5, 0.6) is 0 Å². The van der Waals surface area contributed by atoms with Crippen molar-refractivity contribution in [1.29, 1.82) is 0 Å². The minimum atomic E-state index is -0.410.